The van der Waals surface area contributed by atoms with Crippen molar-refractivity contribution >= 4 is 33.5 Å². The lowest BCUT2D eigenvalue weighted by molar-refractivity contribution is 1.22. The van der Waals surface area contributed by atoms with Crippen molar-refractivity contribution in [2.45, 2.75) is 0 Å². The zero-order valence-electron chi connectivity index (χ0n) is 12.3. The molecular weight excluding hydrogens is 395 g/mol. The highest BCUT2D eigenvalue weighted by Gasteiger charge is 2.12. The number of hydrogen-bond acceptors (Lipinski definition) is 2. The van der Waals surface area contributed by atoms with Gasteiger partial charge in [0.1, 0.15) is 0 Å². The highest BCUT2D eigenvalue weighted by Crippen LogP contribution is 2.30. The molecule has 0 saturated carbocycles. The maximum absolute atomic E-state index is 4.89. The molecule has 0 fully saturated rings. The van der Waals surface area contributed by atoms with Crippen molar-refractivity contribution < 1.29 is 0 Å². The van der Waals surface area contributed by atoms with Crippen LogP contribution in [0.15, 0.2) is 78.9 Å². The summed E-state index contributed by atoms with van der Waals surface area (Å²) in [7, 11) is 0. The van der Waals surface area contributed by atoms with Crippen LogP contribution in [-0.2, 0) is 0 Å². The highest BCUT2D eigenvalue weighted by atomic mass is 127. The molecule has 0 aliphatic heterocycles. The predicted molar refractivity (Wildman–Crippen MR) is 103 cm³/mol. The fourth-order valence-electron chi connectivity index (χ4n) is 2.66. The van der Waals surface area contributed by atoms with Gasteiger partial charge in [-0.1, -0.05) is 66.7 Å². The lowest BCUT2D eigenvalue weighted by Crippen LogP contribution is -1.96. The van der Waals surface area contributed by atoms with E-state index in [0.717, 1.165) is 37.1 Å². The minimum atomic E-state index is 0.771. The molecule has 0 spiro atoms. The Kier molecular flexibility index (Phi) is 3.79. The second-order valence-corrected chi connectivity index (χ2v) is 6.42. The molecule has 0 saturated heterocycles. The fourth-order valence-corrected chi connectivity index (χ4v) is 3.28. The van der Waals surface area contributed by atoms with E-state index in [0.29, 0.717) is 0 Å². The number of aromatic nitrogens is 2. The molecule has 4 aromatic rings. The van der Waals surface area contributed by atoms with Gasteiger partial charge in [0.15, 0.2) is 5.82 Å². The molecule has 4 rings (SSSR count). The van der Waals surface area contributed by atoms with Crippen LogP contribution in [-0.4, -0.2) is 9.97 Å². The highest BCUT2D eigenvalue weighted by molar-refractivity contribution is 14.1. The Morgan fingerprint density at radius 1 is 0.652 bits per heavy atom. The molecule has 23 heavy (non-hydrogen) atoms. The Hall–Kier alpha value is -2.27. The van der Waals surface area contributed by atoms with E-state index in [4.69, 9.17) is 9.97 Å². The van der Waals surface area contributed by atoms with Crippen molar-refractivity contribution in [3.8, 4) is 22.6 Å². The summed E-state index contributed by atoms with van der Waals surface area (Å²) in [6.07, 6.45) is 0. The van der Waals surface area contributed by atoms with Gasteiger partial charge in [0.2, 0.25) is 0 Å². The van der Waals surface area contributed by atoms with Crippen molar-refractivity contribution in [3.63, 3.8) is 0 Å². The van der Waals surface area contributed by atoms with Crippen LogP contribution in [0.3, 0.4) is 0 Å². The average molecular weight is 408 g/mol. The number of hydrogen-bond donors (Lipinski definition) is 0. The van der Waals surface area contributed by atoms with Gasteiger partial charge in [-0.05, 0) is 34.7 Å². The molecule has 0 aliphatic carbocycles. The molecule has 0 radical (unpaired) electrons. The molecule has 0 atom stereocenters. The zero-order chi connectivity index (χ0) is 15.6. The maximum atomic E-state index is 4.89. The van der Waals surface area contributed by atoms with Crippen LogP contribution in [0.1, 0.15) is 0 Å². The monoisotopic (exact) mass is 408 g/mol. The standard InChI is InChI=1S/C20H13IN2/c21-17-12-6-4-10-15(17)20-22-18-13-7-5-11-16(18)19(23-20)14-8-2-1-3-9-14/h1-13H. The second kappa shape index (κ2) is 6.08. The van der Waals surface area contributed by atoms with Crippen LogP contribution in [0.25, 0.3) is 33.5 Å². The van der Waals surface area contributed by atoms with Crippen molar-refractivity contribution in [3.05, 3.63) is 82.4 Å². The fraction of sp³-hybridized carbons (Fsp3) is 0. The van der Waals surface area contributed by atoms with Gasteiger partial charge in [0.05, 0.1) is 11.2 Å². The SMILES string of the molecule is Ic1ccccc1-c1nc(-c2ccccc2)c2ccccc2n1. The summed E-state index contributed by atoms with van der Waals surface area (Å²) in [6.45, 7) is 0. The van der Waals surface area contributed by atoms with Crippen LogP contribution < -0.4 is 0 Å². The van der Waals surface area contributed by atoms with E-state index in [9.17, 15) is 0 Å². The van der Waals surface area contributed by atoms with Gasteiger partial charge in [0, 0.05) is 20.1 Å². The Bertz CT molecular complexity index is 981. The summed E-state index contributed by atoms with van der Waals surface area (Å²) in [6, 6.07) is 26.7. The number of benzene rings is 3. The molecular formula is C20H13IN2. The Morgan fingerprint density at radius 2 is 1.35 bits per heavy atom. The van der Waals surface area contributed by atoms with Gasteiger partial charge >= 0.3 is 0 Å². The van der Waals surface area contributed by atoms with E-state index in [1.807, 2.05) is 48.5 Å². The minimum absolute atomic E-state index is 0.771. The first-order valence-electron chi connectivity index (χ1n) is 7.40. The maximum Gasteiger partial charge on any atom is 0.161 e. The van der Waals surface area contributed by atoms with E-state index in [2.05, 4.69) is 52.9 Å². The summed E-state index contributed by atoms with van der Waals surface area (Å²) < 4.78 is 1.15. The number of para-hydroxylation sites is 1. The van der Waals surface area contributed by atoms with Crippen LogP contribution in [0.4, 0.5) is 0 Å². The number of nitrogens with zero attached hydrogens (tertiary/aromatic N) is 2. The summed E-state index contributed by atoms with van der Waals surface area (Å²) in [5.74, 6) is 0.771. The molecule has 2 nitrogen and oxygen atoms in total. The lowest BCUT2D eigenvalue weighted by atomic mass is 10.1. The molecule has 0 bridgehead atoms. The zero-order valence-corrected chi connectivity index (χ0v) is 14.4. The molecule has 110 valence electrons. The van der Waals surface area contributed by atoms with Crippen LogP contribution >= 0.6 is 22.6 Å². The van der Waals surface area contributed by atoms with Crippen LogP contribution in [0.2, 0.25) is 0 Å². The average Bonchev–Trinajstić information content (AvgIpc) is 2.62. The smallest absolute Gasteiger partial charge is 0.161 e. The predicted octanol–water partition coefficient (Wildman–Crippen LogP) is 5.57. The first-order valence-corrected chi connectivity index (χ1v) is 8.48. The quantitative estimate of drug-likeness (QED) is 0.406. The second-order valence-electron chi connectivity index (χ2n) is 5.26. The lowest BCUT2D eigenvalue weighted by Gasteiger charge is -2.10. The summed E-state index contributed by atoms with van der Waals surface area (Å²) in [5.41, 5.74) is 4.12. The van der Waals surface area contributed by atoms with Crippen LogP contribution in [0, 0.1) is 3.57 Å². The van der Waals surface area contributed by atoms with Crippen molar-refractivity contribution in [2.24, 2.45) is 0 Å². The molecule has 0 aliphatic rings. The van der Waals surface area contributed by atoms with E-state index in [1.54, 1.807) is 0 Å². The van der Waals surface area contributed by atoms with Gasteiger partial charge in [-0.15, -0.1) is 0 Å². The Balaban J connectivity index is 2.04. The molecule has 0 unspecified atom stereocenters. The third kappa shape index (κ3) is 2.72. The first-order chi connectivity index (χ1) is 11.3. The Labute approximate surface area is 148 Å². The van der Waals surface area contributed by atoms with Crippen molar-refractivity contribution in [1.29, 1.82) is 0 Å². The molecule has 1 heterocycles. The third-order valence-corrected chi connectivity index (χ3v) is 4.71. The summed E-state index contributed by atoms with van der Waals surface area (Å²) in [4.78, 5) is 9.66. The van der Waals surface area contributed by atoms with Gasteiger partial charge in [-0.3, -0.25) is 0 Å². The largest absolute Gasteiger partial charge is 0.228 e. The Morgan fingerprint density at radius 3 is 2.17 bits per heavy atom. The number of rotatable bonds is 2. The van der Waals surface area contributed by atoms with Gasteiger partial charge in [-0.25, -0.2) is 9.97 Å². The van der Waals surface area contributed by atoms with Gasteiger partial charge in [0.25, 0.3) is 0 Å². The molecule has 1 aromatic heterocycles. The normalized spacial score (nSPS) is 10.8. The minimum Gasteiger partial charge on any atom is -0.228 e. The summed E-state index contributed by atoms with van der Waals surface area (Å²) in [5, 5.41) is 1.08. The molecule has 3 heteroatoms. The molecule has 3 aromatic carbocycles. The molecule has 0 amide bonds. The number of fused-ring (bicyclic) bond motifs is 1. The topological polar surface area (TPSA) is 25.8 Å². The van der Waals surface area contributed by atoms with Crippen molar-refractivity contribution in [2.75, 3.05) is 0 Å². The van der Waals surface area contributed by atoms with Crippen LogP contribution in [0.5, 0.6) is 0 Å². The first kappa shape index (κ1) is 14.3. The summed E-state index contributed by atoms with van der Waals surface area (Å²) >= 11 is 2.33. The van der Waals surface area contributed by atoms with Gasteiger partial charge in [-0.2, -0.15) is 0 Å². The third-order valence-electron chi connectivity index (χ3n) is 3.77. The van der Waals surface area contributed by atoms with Crippen molar-refractivity contribution in [1.82, 2.24) is 9.97 Å². The number of halogens is 1. The van der Waals surface area contributed by atoms with E-state index in [-0.39, 0.29) is 0 Å². The van der Waals surface area contributed by atoms with E-state index < -0.39 is 0 Å². The van der Waals surface area contributed by atoms with Gasteiger partial charge < -0.3 is 0 Å². The van der Waals surface area contributed by atoms with E-state index in [1.165, 1.54) is 0 Å². The van der Waals surface area contributed by atoms with E-state index >= 15 is 0 Å². The molecule has 0 N–H and O–H groups in total.